The van der Waals surface area contributed by atoms with Crippen molar-refractivity contribution < 1.29 is 14.6 Å². The summed E-state index contributed by atoms with van der Waals surface area (Å²) in [5, 5.41) is 11.9. The molecule has 1 aromatic rings. The molecule has 0 fully saturated rings. The fourth-order valence-corrected chi connectivity index (χ4v) is 1.64. The van der Waals surface area contributed by atoms with Gasteiger partial charge in [0.2, 0.25) is 0 Å². The van der Waals surface area contributed by atoms with Crippen LogP contribution in [0.25, 0.3) is 0 Å². The quantitative estimate of drug-likeness (QED) is 0.677. The van der Waals surface area contributed by atoms with E-state index in [4.69, 9.17) is 9.84 Å². The van der Waals surface area contributed by atoms with E-state index in [0.717, 1.165) is 5.56 Å². The van der Waals surface area contributed by atoms with Gasteiger partial charge in [0.05, 0.1) is 12.6 Å². The van der Waals surface area contributed by atoms with Gasteiger partial charge in [-0.05, 0) is 18.5 Å². The lowest BCUT2D eigenvalue weighted by Crippen LogP contribution is -2.26. The highest BCUT2D eigenvalue weighted by Crippen LogP contribution is 2.12. The first-order chi connectivity index (χ1) is 8.24. The molecule has 0 saturated heterocycles. The third-order valence-corrected chi connectivity index (χ3v) is 2.49. The van der Waals surface area contributed by atoms with Gasteiger partial charge in [-0.3, -0.25) is 4.79 Å². The van der Waals surface area contributed by atoms with Crippen LogP contribution in [0.3, 0.4) is 0 Å². The number of carboxylic acids is 1. The summed E-state index contributed by atoms with van der Waals surface area (Å²) in [5.41, 5.74) is 1.16. The van der Waals surface area contributed by atoms with E-state index in [1.165, 1.54) is 0 Å². The van der Waals surface area contributed by atoms with Crippen molar-refractivity contribution in [2.75, 3.05) is 20.3 Å². The van der Waals surface area contributed by atoms with Gasteiger partial charge in [-0.2, -0.15) is 0 Å². The number of aliphatic carboxylic acids is 1. The van der Waals surface area contributed by atoms with E-state index in [9.17, 15) is 4.79 Å². The average Bonchev–Trinajstić information content (AvgIpc) is 2.34. The second-order valence-electron chi connectivity index (χ2n) is 3.87. The van der Waals surface area contributed by atoms with Gasteiger partial charge in [-0.15, -0.1) is 0 Å². The molecular weight excluding hydrogens is 218 g/mol. The van der Waals surface area contributed by atoms with Gasteiger partial charge in [0, 0.05) is 13.5 Å². The summed E-state index contributed by atoms with van der Waals surface area (Å²) in [6.07, 6.45) is 0.823. The predicted molar refractivity (Wildman–Crippen MR) is 65.9 cm³/mol. The normalized spacial score (nSPS) is 12.3. The van der Waals surface area contributed by atoms with Gasteiger partial charge in [0.15, 0.2) is 0 Å². The Morgan fingerprint density at radius 3 is 2.71 bits per heavy atom. The number of methoxy groups -OCH3 is 1. The fourth-order valence-electron chi connectivity index (χ4n) is 1.64. The van der Waals surface area contributed by atoms with E-state index in [0.29, 0.717) is 19.6 Å². The van der Waals surface area contributed by atoms with Gasteiger partial charge < -0.3 is 15.2 Å². The van der Waals surface area contributed by atoms with Crippen molar-refractivity contribution in [3.63, 3.8) is 0 Å². The Hall–Kier alpha value is -1.39. The van der Waals surface area contributed by atoms with E-state index >= 15 is 0 Å². The van der Waals surface area contributed by atoms with Crippen molar-refractivity contribution in [1.29, 1.82) is 0 Å². The molecule has 0 spiro atoms. The summed E-state index contributed by atoms with van der Waals surface area (Å²) in [5.74, 6) is -0.755. The zero-order valence-electron chi connectivity index (χ0n) is 10.1. The van der Waals surface area contributed by atoms with Gasteiger partial charge >= 0.3 is 5.97 Å². The van der Waals surface area contributed by atoms with Gasteiger partial charge in [0.25, 0.3) is 0 Å². The first-order valence-corrected chi connectivity index (χ1v) is 5.73. The minimum atomic E-state index is -0.755. The number of nitrogens with one attached hydrogen (secondary N) is 1. The Morgan fingerprint density at radius 2 is 2.12 bits per heavy atom. The molecule has 0 aliphatic carbocycles. The lowest BCUT2D eigenvalue weighted by atomic mass is 10.1. The molecule has 0 heterocycles. The molecule has 0 radical (unpaired) electrons. The molecule has 0 aromatic heterocycles. The zero-order valence-corrected chi connectivity index (χ0v) is 10.1. The van der Waals surface area contributed by atoms with Crippen molar-refractivity contribution in [2.45, 2.75) is 18.9 Å². The molecule has 94 valence electrons. The van der Waals surface area contributed by atoms with Crippen LogP contribution in [0.2, 0.25) is 0 Å². The van der Waals surface area contributed by atoms with Crippen LogP contribution in [0.15, 0.2) is 30.3 Å². The minimum absolute atomic E-state index is 0.120. The van der Waals surface area contributed by atoms with E-state index in [-0.39, 0.29) is 12.5 Å². The smallest absolute Gasteiger partial charge is 0.303 e. The van der Waals surface area contributed by atoms with Crippen molar-refractivity contribution in [3.05, 3.63) is 35.9 Å². The van der Waals surface area contributed by atoms with Crippen LogP contribution in [0.1, 0.15) is 24.4 Å². The SMILES string of the molecule is COCC(NCCCC(=O)O)c1ccccc1. The van der Waals surface area contributed by atoms with E-state index in [2.05, 4.69) is 5.32 Å². The number of carboxylic acid groups (broad SMARTS) is 1. The molecule has 4 heteroatoms. The molecule has 0 saturated carbocycles. The zero-order chi connectivity index (χ0) is 12.5. The lowest BCUT2D eigenvalue weighted by molar-refractivity contribution is -0.137. The first kappa shape index (κ1) is 13.7. The van der Waals surface area contributed by atoms with Crippen molar-refractivity contribution in [3.8, 4) is 0 Å². The van der Waals surface area contributed by atoms with E-state index in [1.807, 2.05) is 30.3 Å². The molecule has 0 aliphatic heterocycles. The first-order valence-electron chi connectivity index (χ1n) is 5.73. The van der Waals surface area contributed by atoms with Crippen LogP contribution >= 0.6 is 0 Å². The van der Waals surface area contributed by atoms with Crippen molar-refractivity contribution in [1.82, 2.24) is 5.32 Å². The molecule has 4 nitrogen and oxygen atoms in total. The van der Waals surface area contributed by atoms with Gasteiger partial charge in [-0.25, -0.2) is 0 Å². The Balaban J connectivity index is 2.41. The molecule has 17 heavy (non-hydrogen) atoms. The molecule has 2 N–H and O–H groups in total. The number of benzene rings is 1. The predicted octanol–water partition coefficient (Wildman–Crippen LogP) is 1.83. The Labute approximate surface area is 102 Å². The van der Waals surface area contributed by atoms with Crippen molar-refractivity contribution >= 4 is 5.97 Å². The highest BCUT2D eigenvalue weighted by molar-refractivity contribution is 5.66. The van der Waals surface area contributed by atoms with Crippen LogP contribution < -0.4 is 5.32 Å². The summed E-state index contributed by atoms with van der Waals surface area (Å²) >= 11 is 0. The Morgan fingerprint density at radius 1 is 1.41 bits per heavy atom. The van der Waals surface area contributed by atoms with E-state index in [1.54, 1.807) is 7.11 Å². The van der Waals surface area contributed by atoms with Gasteiger partial charge in [0.1, 0.15) is 0 Å². The number of rotatable bonds is 8. The molecule has 1 aromatic carbocycles. The molecule has 0 amide bonds. The van der Waals surface area contributed by atoms with Gasteiger partial charge in [-0.1, -0.05) is 30.3 Å². The lowest BCUT2D eigenvalue weighted by Gasteiger charge is -2.18. The summed E-state index contributed by atoms with van der Waals surface area (Å²) in [6.45, 7) is 1.26. The maximum atomic E-state index is 10.4. The third-order valence-electron chi connectivity index (χ3n) is 2.49. The monoisotopic (exact) mass is 237 g/mol. The van der Waals surface area contributed by atoms with Crippen LogP contribution in [0.5, 0.6) is 0 Å². The second-order valence-corrected chi connectivity index (χ2v) is 3.87. The summed E-state index contributed by atoms with van der Waals surface area (Å²) in [7, 11) is 1.66. The number of ether oxygens (including phenoxy) is 1. The molecule has 0 bridgehead atoms. The Bertz CT molecular complexity index is 327. The number of carbonyl (C=O) groups is 1. The van der Waals surface area contributed by atoms with Crippen LogP contribution in [0.4, 0.5) is 0 Å². The third kappa shape index (κ3) is 5.47. The average molecular weight is 237 g/mol. The summed E-state index contributed by atoms with van der Waals surface area (Å²) in [4.78, 5) is 10.4. The highest BCUT2D eigenvalue weighted by Gasteiger charge is 2.09. The molecule has 1 atom stereocenters. The standard InChI is InChI=1S/C13H19NO3/c1-17-10-12(11-6-3-2-4-7-11)14-9-5-8-13(15)16/h2-4,6-7,12,14H,5,8-10H2,1H3,(H,15,16). The molecule has 1 unspecified atom stereocenters. The van der Waals surface area contributed by atoms with Crippen LogP contribution in [0, 0.1) is 0 Å². The molecule has 0 aliphatic rings. The molecular formula is C13H19NO3. The maximum Gasteiger partial charge on any atom is 0.303 e. The fraction of sp³-hybridized carbons (Fsp3) is 0.462. The number of hydrogen-bond donors (Lipinski definition) is 2. The molecule has 1 rings (SSSR count). The Kier molecular flexibility index (Phi) is 6.29. The summed E-state index contributed by atoms with van der Waals surface area (Å²) < 4.78 is 5.16. The second kappa shape index (κ2) is 7.81. The van der Waals surface area contributed by atoms with E-state index < -0.39 is 5.97 Å². The highest BCUT2D eigenvalue weighted by atomic mass is 16.5. The summed E-state index contributed by atoms with van der Waals surface area (Å²) in [6, 6.07) is 10.1. The van der Waals surface area contributed by atoms with Crippen LogP contribution in [-0.4, -0.2) is 31.3 Å². The largest absolute Gasteiger partial charge is 0.481 e. The van der Waals surface area contributed by atoms with Crippen molar-refractivity contribution in [2.24, 2.45) is 0 Å². The number of hydrogen-bond acceptors (Lipinski definition) is 3. The maximum absolute atomic E-state index is 10.4. The minimum Gasteiger partial charge on any atom is -0.481 e. The topological polar surface area (TPSA) is 58.6 Å². The van der Waals surface area contributed by atoms with Crippen LogP contribution in [-0.2, 0) is 9.53 Å².